The van der Waals surface area contributed by atoms with Gasteiger partial charge in [0.1, 0.15) is 84.0 Å². The van der Waals surface area contributed by atoms with Crippen molar-refractivity contribution >= 4 is 6.16 Å². The van der Waals surface area contributed by atoms with Crippen molar-refractivity contribution < 1.29 is 73.3 Å². The average Bonchev–Trinajstić information content (AvgIpc) is 3.27. The van der Waals surface area contributed by atoms with Crippen LogP contribution in [0.5, 0.6) is 23.0 Å². The van der Waals surface area contributed by atoms with Crippen LogP contribution < -0.4 is 18.9 Å². The normalized spacial score (nSPS) is 29.0. The van der Waals surface area contributed by atoms with Gasteiger partial charge < -0.3 is 68.5 Å². The molecule has 0 amide bonds. The van der Waals surface area contributed by atoms with E-state index < -0.39 is 79.8 Å². The highest BCUT2D eigenvalue weighted by atomic mass is 16.8. The van der Waals surface area contributed by atoms with Gasteiger partial charge in [0.15, 0.2) is 0 Å². The number of rotatable bonds is 16. The molecule has 0 saturated carbocycles. The molecule has 0 bridgehead atoms. The lowest BCUT2D eigenvalue weighted by Gasteiger charge is -2.48. The molecule has 2 aliphatic heterocycles. The Labute approximate surface area is 348 Å². The van der Waals surface area contributed by atoms with E-state index in [0.717, 1.165) is 22.3 Å². The van der Waals surface area contributed by atoms with E-state index in [9.17, 15) is 35.4 Å². The van der Waals surface area contributed by atoms with Crippen LogP contribution in [0, 0.1) is 0 Å². The van der Waals surface area contributed by atoms with Crippen LogP contribution in [-0.2, 0) is 31.8 Å². The lowest BCUT2D eigenvalue weighted by Crippen LogP contribution is -2.67. The summed E-state index contributed by atoms with van der Waals surface area (Å²) in [6.45, 7) is 2.00. The fraction of sp³-hybridized carbons (Fsp3) is 0.444. The van der Waals surface area contributed by atoms with Crippen molar-refractivity contribution in [1.82, 2.24) is 0 Å². The van der Waals surface area contributed by atoms with Gasteiger partial charge in [0.25, 0.3) is 0 Å². The van der Waals surface area contributed by atoms with Gasteiger partial charge in [0.2, 0.25) is 12.6 Å². The molecule has 60 heavy (non-hydrogen) atoms. The highest BCUT2D eigenvalue weighted by Gasteiger charge is 2.56. The number of ether oxygens (including phenoxy) is 8. The van der Waals surface area contributed by atoms with Gasteiger partial charge in [-0.1, -0.05) is 74.5 Å². The zero-order valence-electron chi connectivity index (χ0n) is 34.0. The molecule has 15 nitrogen and oxygen atoms in total. The quantitative estimate of drug-likeness (QED) is 0.0890. The molecule has 4 aromatic carbocycles. The summed E-state index contributed by atoms with van der Waals surface area (Å²) in [7, 11) is 3.17. The van der Waals surface area contributed by atoms with Crippen molar-refractivity contribution in [2.45, 2.75) is 99.9 Å². The monoisotopic (exact) mass is 834 g/mol. The molecule has 2 saturated heterocycles. The van der Waals surface area contributed by atoms with Gasteiger partial charge in [-0.05, 0) is 71.5 Å². The molecule has 0 radical (unpaired) electrons. The largest absolute Gasteiger partial charge is 0.508 e. The number of carbonyl (C=O) groups excluding carboxylic acids is 1. The Balaban J connectivity index is 1.11. The van der Waals surface area contributed by atoms with Crippen LogP contribution in [0.4, 0.5) is 4.79 Å². The molecular formula is C45H54O15. The minimum absolute atomic E-state index is 0.00232. The summed E-state index contributed by atoms with van der Waals surface area (Å²) >= 11 is 0. The van der Waals surface area contributed by atoms with Gasteiger partial charge in [0, 0.05) is 12.8 Å². The van der Waals surface area contributed by atoms with Crippen LogP contribution in [0.25, 0.3) is 0 Å². The first-order chi connectivity index (χ1) is 28.8. The first kappa shape index (κ1) is 44.6. The second-order valence-corrected chi connectivity index (χ2v) is 15.0. The van der Waals surface area contributed by atoms with Crippen molar-refractivity contribution in [2.75, 3.05) is 27.4 Å². The molecule has 4 aromatic rings. The van der Waals surface area contributed by atoms with E-state index >= 15 is 0 Å². The molecular weight excluding hydrogens is 780 g/mol. The van der Waals surface area contributed by atoms with Gasteiger partial charge >= 0.3 is 6.16 Å². The molecule has 2 aliphatic rings. The van der Waals surface area contributed by atoms with E-state index in [2.05, 4.69) is 0 Å². The first-order valence-electron chi connectivity index (χ1n) is 19.8. The van der Waals surface area contributed by atoms with E-state index in [1.165, 1.54) is 0 Å². The Morgan fingerprint density at radius 1 is 0.550 bits per heavy atom. The van der Waals surface area contributed by atoms with E-state index in [4.69, 9.17) is 37.9 Å². The second kappa shape index (κ2) is 19.6. The van der Waals surface area contributed by atoms with Crippen LogP contribution >= 0.6 is 0 Å². The smallest absolute Gasteiger partial charge is 0.497 e. The van der Waals surface area contributed by atoms with Crippen LogP contribution in [0.1, 0.15) is 48.9 Å². The number of carbonyl (C=O) groups is 1. The number of benzene rings is 4. The maximum Gasteiger partial charge on any atom is 0.508 e. The minimum Gasteiger partial charge on any atom is -0.497 e. The molecule has 0 spiro atoms. The van der Waals surface area contributed by atoms with Crippen LogP contribution in [0.15, 0.2) is 97.1 Å². The van der Waals surface area contributed by atoms with Crippen molar-refractivity contribution in [2.24, 2.45) is 0 Å². The number of hydrogen-bond acceptors (Lipinski definition) is 15. The molecule has 0 aromatic heterocycles. The fourth-order valence-electron chi connectivity index (χ4n) is 7.39. The molecule has 15 heteroatoms. The number of hydrogen-bond donors (Lipinski definition) is 6. The van der Waals surface area contributed by atoms with Gasteiger partial charge in [-0.25, -0.2) is 4.79 Å². The van der Waals surface area contributed by atoms with E-state index in [1.807, 2.05) is 72.8 Å². The highest BCUT2D eigenvalue weighted by molar-refractivity contribution is 5.60. The van der Waals surface area contributed by atoms with Crippen LogP contribution in [0.2, 0.25) is 0 Å². The zero-order chi connectivity index (χ0) is 43.0. The third kappa shape index (κ3) is 9.80. The van der Waals surface area contributed by atoms with Crippen molar-refractivity contribution in [3.05, 3.63) is 119 Å². The Morgan fingerprint density at radius 3 is 1.27 bits per heavy atom. The summed E-state index contributed by atoms with van der Waals surface area (Å²) in [4.78, 5) is 13.2. The van der Waals surface area contributed by atoms with Gasteiger partial charge in [0.05, 0.1) is 14.2 Å². The Kier molecular flexibility index (Phi) is 14.6. The standard InChI is InChI=1S/C45H54O15/c1-5-44(39(50)35(46)37(48)41(59-44)57-33-13-9-7-11-29(33)23-27-15-19-31(53-3)20-16-27)25-55-43(52)56-26-45(6-2)40(51)36(47)38(49)42(60-45)58-34-14-10-8-12-30(34)24-28-17-21-32(54-4)22-18-28/h7-22,35-42,46-51H,5-6,23-26H2,1-4H3/t35-,36-,37-,38-,39+,40+,41+,42+,44-,45-/m1/s1. The molecule has 2 heterocycles. The summed E-state index contributed by atoms with van der Waals surface area (Å²) in [6, 6.07) is 29.2. The summed E-state index contributed by atoms with van der Waals surface area (Å²) in [5.74, 6) is 2.13. The van der Waals surface area contributed by atoms with E-state index in [-0.39, 0.29) is 12.8 Å². The molecule has 6 N–H and O–H groups in total. The van der Waals surface area contributed by atoms with Crippen LogP contribution in [0.3, 0.4) is 0 Å². The third-order valence-corrected chi connectivity index (χ3v) is 11.3. The summed E-state index contributed by atoms with van der Waals surface area (Å²) < 4.78 is 45.9. The van der Waals surface area contributed by atoms with Gasteiger partial charge in [-0.2, -0.15) is 0 Å². The first-order valence-corrected chi connectivity index (χ1v) is 19.8. The zero-order valence-corrected chi connectivity index (χ0v) is 34.0. The lowest BCUT2D eigenvalue weighted by atomic mass is 9.85. The molecule has 0 aliphatic carbocycles. The van der Waals surface area contributed by atoms with Gasteiger partial charge in [-0.15, -0.1) is 0 Å². The summed E-state index contributed by atoms with van der Waals surface area (Å²) in [5.41, 5.74) is -0.0949. The third-order valence-electron chi connectivity index (χ3n) is 11.3. The lowest BCUT2D eigenvalue weighted by molar-refractivity contribution is -0.323. The van der Waals surface area contributed by atoms with Gasteiger partial charge in [-0.3, -0.25) is 0 Å². The van der Waals surface area contributed by atoms with Crippen molar-refractivity contribution in [1.29, 1.82) is 0 Å². The fourth-order valence-corrected chi connectivity index (χ4v) is 7.39. The molecule has 10 atom stereocenters. The predicted octanol–water partition coefficient (Wildman–Crippen LogP) is 3.67. The molecule has 0 unspecified atom stereocenters. The van der Waals surface area contributed by atoms with Crippen molar-refractivity contribution in [3.63, 3.8) is 0 Å². The number of aliphatic hydroxyl groups is 6. The average molecular weight is 835 g/mol. The Hall–Kier alpha value is -4.97. The molecule has 6 rings (SSSR count). The Morgan fingerprint density at radius 2 is 0.917 bits per heavy atom. The van der Waals surface area contributed by atoms with Crippen molar-refractivity contribution in [3.8, 4) is 23.0 Å². The summed E-state index contributed by atoms with van der Waals surface area (Å²) in [6.07, 6.45) is -13.6. The number of methoxy groups -OCH3 is 2. The maximum atomic E-state index is 13.2. The van der Waals surface area contributed by atoms with E-state index in [0.29, 0.717) is 35.8 Å². The Bertz CT molecular complexity index is 1850. The number of aliphatic hydroxyl groups excluding tert-OH is 6. The number of para-hydroxylation sites is 2. The maximum absolute atomic E-state index is 13.2. The van der Waals surface area contributed by atoms with Crippen LogP contribution in [-0.4, -0.2) is 125 Å². The SMILES string of the molecule is CC[C@]1(COC(=O)OC[C@@]2(CC)O[C@H](Oc3ccccc3Cc3ccc(OC)cc3)[C@H](O)[C@@H](O)[C@@H]2O)O[C@H](Oc2ccccc2Cc2ccc(OC)cc2)[C@H](O)[C@@H](O)[C@@H]1O. The van der Waals surface area contributed by atoms with E-state index in [1.54, 1.807) is 52.3 Å². The second-order valence-electron chi connectivity index (χ2n) is 15.0. The molecule has 324 valence electrons. The summed E-state index contributed by atoms with van der Waals surface area (Å²) in [5, 5.41) is 66.3. The minimum atomic E-state index is -1.75. The highest BCUT2D eigenvalue weighted by Crippen LogP contribution is 2.38. The topological polar surface area (TPSA) is 212 Å². The molecule has 2 fully saturated rings. The predicted molar refractivity (Wildman–Crippen MR) is 215 cm³/mol.